The first kappa shape index (κ1) is 15.5. The molecule has 0 fully saturated rings. The van der Waals surface area contributed by atoms with Crippen molar-refractivity contribution in [2.75, 3.05) is 20.1 Å². The fourth-order valence-electron chi connectivity index (χ4n) is 1.79. The zero-order valence-electron chi connectivity index (χ0n) is 12.1. The lowest BCUT2D eigenvalue weighted by Gasteiger charge is -2.08. The van der Waals surface area contributed by atoms with Gasteiger partial charge < -0.3 is 10.6 Å². The number of nitrogens with zero attached hydrogens (tertiary/aromatic N) is 2. The largest absolute Gasteiger partial charge is 0.356 e. The second-order valence-corrected chi connectivity index (χ2v) is 6.55. The SMILES string of the molecule is C#CCNC(=NC)NCCc1ccc(-c2csc(C)n2)s1. The van der Waals surface area contributed by atoms with E-state index in [0.29, 0.717) is 6.54 Å². The van der Waals surface area contributed by atoms with E-state index in [9.17, 15) is 0 Å². The number of aromatic nitrogens is 1. The number of aryl methyl sites for hydroxylation is 1. The van der Waals surface area contributed by atoms with Crippen molar-refractivity contribution in [3.05, 3.63) is 27.4 Å². The second-order valence-electron chi connectivity index (χ2n) is 4.32. The van der Waals surface area contributed by atoms with Crippen molar-refractivity contribution in [2.45, 2.75) is 13.3 Å². The molecule has 6 heteroatoms. The maximum absolute atomic E-state index is 5.21. The zero-order valence-corrected chi connectivity index (χ0v) is 13.8. The standard InChI is InChI=1S/C15H18N4S2/c1-4-8-17-15(16-3)18-9-7-12-5-6-14(21-12)13-10-20-11(2)19-13/h1,5-6,10H,7-9H2,2-3H3,(H2,16,17,18). The van der Waals surface area contributed by atoms with Crippen molar-refractivity contribution in [2.24, 2.45) is 4.99 Å². The van der Waals surface area contributed by atoms with Gasteiger partial charge in [-0.25, -0.2) is 4.98 Å². The van der Waals surface area contributed by atoms with Crippen LogP contribution in [-0.2, 0) is 6.42 Å². The van der Waals surface area contributed by atoms with Gasteiger partial charge in [0.1, 0.15) is 0 Å². The Kier molecular flexibility index (Phi) is 5.78. The van der Waals surface area contributed by atoms with Gasteiger partial charge in [-0.3, -0.25) is 4.99 Å². The fourth-order valence-corrected chi connectivity index (χ4v) is 3.44. The van der Waals surface area contributed by atoms with Crippen LogP contribution in [0.25, 0.3) is 10.6 Å². The van der Waals surface area contributed by atoms with Crippen LogP contribution in [0, 0.1) is 19.3 Å². The average molecular weight is 318 g/mol. The predicted molar refractivity (Wildman–Crippen MR) is 92.1 cm³/mol. The summed E-state index contributed by atoms with van der Waals surface area (Å²) < 4.78 is 0. The molecule has 21 heavy (non-hydrogen) atoms. The summed E-state index contributed by atoms with van der Waals surface area (Å²) in [4.78, 5) is 11.2. The van der Waals surface area contributed by atoms with Gasteiger partial charge in [-0.2, -0.15) is 0 Å². The normalized spacial score (nSPS) is 11.2. The van der Waals surface area contributed by atoms with E-state index in [1.165, 1.54) is 9.75 Å². The number of guanidine groups is 1. The van der Waals surface area contributed by atoms with E-state index in [0.717, 1.165) is 29.6 Å². The molecule has 2 N–H and O–H groups in total. The van der Waals surface area contributed by atoms with Crippen LogP contribution in [0.3, 0.4) is 0 Å². The van der Waals surface area contributed by atoms with Crippen LogP contribution in [0.2, 0.25) is 0 Å². The van der Waals surface area contributed by atoms with Gasteiger partial charge in [0, 0.05) is 23.8 Å². The van der Waals surface area contributed by atoms with E-state index in [2.05, 4.69) is 44.0 Å². The summed E-state index contributed by atoms with van der Waals surface area (Å²) >= 11 is 3.47. The van der Waals surface area contributed by atoms with Gasteiger partial charge in [0.15, 0.2) is 5.96 Å². The molecule has 4 nitrogen and oxygen atoms in total. The van der Waals surface area contributed by atoms with Crippen LogP contribution >= 0.6 is 22.7 Å². The molecule has 0 radical (unpaired) electrons. The maximum atomic E-state index is 5.21. The molecule has 0 aliphatic rings. The minimum absolute atomic E-state index is 0.478. The lowest BCUT2D eigenvalue weighted by Crippen LogP contribution is -2.38. The van der Waals surface area contributed by atoms with E-state index in [4.69, 9.17) is 6.42 Å². The van der Waals surface area contributed by atoms with Crippen molar-refractivity contribution < 1.29 is 0 Å². The van der Waals surface area contributed by atoms with Crippen molar-refractivity contribution in [3.8, 4) is 22.9 Å². The highest BCUT2D eigenvalue weighted by Crippen LogP contribution is 2.29. The third-order valence-electron chi connectivity index (χ3n) is 2.78. The molecule has 0 bridgehead atoms. The van der Waals surface area contributed by atoms with Crippen molar-refractivity contribution in [1.82, 2.24) is 15.6 Å². The Balaban J connectivity index is 1.85. The van der Waals surface area contributed by atoms with Gasteiger partial charge >= 0.3 is 0 Å². The molecule has 0 aromatic carbocycles. The summed E-state index contributed by atoms with van der Waals surface area (Å²) in [6.07, 6.45) is 6.16. The topological polar surface area (TPSA) is 49.3 Å². The van der Waals surface area contributed by atoms with Crippen LogP contribution in [0.15, 0.2) is 22.5 Å². The van der Waals surface area contributed by atoms with E-state index in [1.807, 2.05) is 6.92 Å². The number of hydrogen-bond donors (Lipinski definition) is 2. The van der Waals surface area contributed by atoms with Crippen LogP contribution in [-0.4, -0.2) is 31.1 Å². The fraction of sp³-hybridized carbons (Fsp3) is 0.333. The Morgan fingerprint density at radius 2 is 2.29 bits per heavy atom. The molecule has 0 unspecified atom stereocenters. The van der Waals surface area contributed by atoms with Crippen molar-refractivity contribution >= 4 is 28.6 Å². The Hall–Kier alpha value is -1.84. The lowest BCUT2D eigenvalue weighted by atomic mass is 10.3. The third kappa shape index (κ3) is 4.59. The monoisotopic (exact) mass is 318 g/mol. The Morgan fingerprint density at radius 3 is 2.95 bits per heavy atom. The molecule has 2 heterocycles. The number of hydrogen-bond acceptors (Lipinski definition) is 4. The first-order chi connectivity index (χ1) is 10.2. The lowest BCUT2D eigenvalue weighted by molar-refractivity contribution is 0.832. The molecule has 0 spiro atoms. The van der Waals surface area contributed by atoms with Crippen molar-refractivity contribution in [3.63, 3.8) is 0 Å². The van der Waals surface area contributed by atoms with Gasteiger partial charge in [0.05, 0.1) is 22.1 Å². The average Bonchev–Trinajstić information content (AvgIpc) is 3.11. The van der Waals surface area contributed by atoms with Gasteiger partial charge in [-0.05, 0) is 25.5 Å². The summed E-state index contributed by atoms with van der Waals surface area (Å²) in [6.45, 7) is 3.33. The van der Waals surface area contributed by atoms with Crippen LogP contribution in [0.1, 0.15) is 9.88 Å². The molecule has 110 valence electrons. The molecule has 0 atom stereocenters. The molecular formula is C15H18N4S2. The van der Waals surface area contributed by atoms with E-state index in [-0.39, 0.29) is 0 Å². The number of thiazole rings is 1. The van der Waals surface area contributed by atoms with E-state index >= 15 is 0 Å². The predicted octanol–water partition coefficient (Wildman–Crippen LogP) is 2.52. The van der Waals surface area contributed by atoms with E-state index in [1.54, 1.807) is 29.7 Å². The summed E-state index contributed by atoms with van der Waals surface area (Å²) in [5.74, 6) is 3.26. The van der Waals surface area contributed by atoms with Crippen molar-refractivity contribution in [1.29, 1.82) is 0 Å². The summed E-state index contributed by atoms with van der Waals surface area (Å²) in [7, 11) is 1.74. The number of rotatable bonds is 5. The second kappa shape index (κ2) is 7.81. The molecule has 0 saturated heterocycles. The molecule has 2 aromatic rings. The van der Waals surface area contributed by atoms with Gasteiger partial charge in [0.2, 0.25) is 0 Å². The third-order valence-corrected chi connectivity index (χ3v) is 4.72. The quantitative estimate of drug-likeness (QED) is 0.506. The molecule has 0 aliphatic heterocycles. The minimum atomic E-state index is 0.478. The van der Waals surface area contributed by atoms with Gasteiger partial charge in [-0.1, -0.05) is 5.92 Å². The number of nitrogens with one attached hydrogen (secondary N) is 2. The molecule has 0 amide bonds. The van der Waals surface area contributed by atoms with E-state index < -0.39 is 0 Å². The first-order valence-corrected chi connectivity index (χ1v) is 8.31. The van der Waals surface area contributed by atoms with Crippen LogP contribution in [0.5, 0.6) is 0 Å². The maximum Gasteiger partial charge on any atom is 0.191 e. The highest BCUT2D eigenvalue weighted by atomic mass is 32.1. The minimum Gasteiger partial charge on any atom is -0.356 e. The Labute approximate surface area is 133 Å². The molecule has 2 aromatic heterocycles. The summed E-state index contributed by atoms with van der Waals surface area (Å²) in [5.41, 5.74) is 1.08. The molecule has 0 aliphatic carbocycles. The summed E-state index contributed by atoms with van der Waals surface area (Å²) in [5, 5.41) is 9.49. The Morgan fingerprint density at radius 1 is 1.43 bits per heavy atom. The highest BCUT2D eigenvalue weighted by molar-refractivity contribution is 7.16. The Bertz CT molecular complexity index is 649. The van der Waals surface area contributed by atoms with Crippen LogP contribution in [0.4, 0.5) is 0 Å². The number of thiophene rings is 1. The zero-order chi connectivity index (χ0) is 15.1. The number of aliphatic imine (C=N–C) groups is 1. The molecule has 2 rings (SSSR count). The van der Waals surface area contributed by atoms with Gasteiger partial charge in [0.25, 0.3) is 0 Å². The van der Waals surface area contributed by atoms with Gasteiger partial charge in [-0.15, -0.1) is 29.1 Å². The first-order valence-electron chi connectivity index (χ1n) is 6.62. The van der Waals surface area contributed by atoms with Crippen LogP contribution < -0.4 is 10.6 Å². The number of terminal acetylenes is 1. The summed E-state index contributed by atoms with van der Waals surface area (Å²) in [6, 6.07) is 4.30. The molecule has 0 saturated carbocycles. The smallest absolute Gasteiger partial charge is 0.191 e. The highest BCUT2D eigenvalue weighted by Gasteiger charge is 2.06. The molecular weight excluding hydrogens is 300 g/mol.